The van der Waals surface area contributed by atoms with E-state index in [4.69, 9.17) is 9.47 Å². The van der Waals surface area contributed by atoms with Gasteiger partial charge < -0.3 is 20.1 Å². The first-order valence-corrected chi connectivity index (χ1v) is 15.3. The number of benzene rings is 4. The highest BCUT2D eigenvalue weighted by Crippen LogP contribution is 2.35. The average Bonchev–Trinajstić information content (AvgIpc) is 2.91. The van der Waals surface area contributed by atoms with Crippen LogP contribution in [0, 0.1) is 0 Å². The zero-order valence-corrected chi connectivity index (χ0v) is 27.9. The van der Waals surface area contributed by atoms with Crippen molar-refractivity contribution in [3.8, 4) is 11.5 Å². The minimum atomic E-state index is -0.280. The molecule has 0 radical (unpaired) electrons. The summed E-state index contributed by atoms with van der Waals surface area (Å²) in [5.41, 5.74) is 2.98. The average molecular weight is 696 g/mol. The van der Waals surface area contributed by atoms with Crippen LogP contribution in [0.2, 0.25) is 0 Å². The molecular weight excluding hydrogens is 660 g/mol. The summed E-state index contributed by atoms with van der Waals surface area (Å²) in [6.07, 6.45) is 0. The minimum Gasteiger partial charge on any atom is -0.483 e. The lowest BCUT2D eigenvalue weighted by atomic mass is 9.86. The van der Waals surface area contributed by atoms with Gasteiger partial charge in [0.1, 0.15) is 11.5 Å². The first-order valence-electron chi connectivity index (χ1n) is 13.7. The summed E-state index contributed by atoms with van der Waals surface area (Å²) in [5, 5.41) is 7.52. The molecule has 0 aliphatic rings. The molecule has 220 valence electrons. The van der Waals surface area contributed by atoms with Crippen LogP contribution in [0.1, 0.15) is 52.7 Å². The number of amides is 2. The van der Waals surface area contributed by atoms with Crippen molar-refractivity contribution in [1.29, 1.82) is 0 Å². The fourth-order valence-corrected chi connectivity index (χ4v) is 5.34. The molecule has 0 saturated heterocycles. The van der Waals surface area contributed by atoms with Gasteiger partial charge in [-0.05, 0) is 59.4 Å². The summed E-state index contributed by atoms with van der Waals surface area (Å²) < 4.78 is 13.8. The quantitative estimate of drug-likeness (QED) is 0.193. The maximum Gasteiger partial charge on any atom is 0.262 e. The number of halogens is 2. The fourth-order valence-electron chi connectivity index (χ4n) is 4.62. The maximum absolute atomic E-state index is 12.9. The van der Waals surface area contributed by atoms with E-state index in [1.165, 1.54) is 0 Å². The predicted octanol–water partition coefficient (Wildman–Crippen LogP) is 8.99. The number of hydrogen-bond acceptors (Lipinski definition) is 4. The molecule has 8 heteroatoms. The van der Waals surface area contributed by atoms with Gasteiger partial charge in [-0.15, -0.1) is 0 Å². The molecule has 0 aromatic heterocycles. The molecule has 0 heterocycles. The van der Waals surface area contributed by atoms with Crippen LogP contribution in [0.25, 0.3) is 10.8 Å². The van der Waals surface area contributed by atoms with Crippen LogP contribution in [-0.4, -0.2) is 25.0 Å². The van der Waals surface area contributed by atoms with E-state index in [0.29, 0.717) is 22.9 Å². The van der Waals surface area contributed by atoms with Gasteiger partial charge >= 0.3 is 0 Å². The van der Waals surface area contributed by atoms with E-state index in [0.717, 1.165) is 30.8 Å². The van der Waals surface area contributed by atoms with Gasteiger partial charge in [0.2, 0.25) is 0 Å². The molecule has 0 saturated carbocycles. The lowest BCUT2D eigenvalue weighted by Gasteiger charge is -2.23. The molecular formula is C34H36Br2N2O4. The molecule has 0 atom stereocenters. The van der Waals surface area contributed by atoms with Crippen molar-refractivity contribution >= 4 is 65.8 Å². The number of hydrogen-bond donors (Lipinski definition) is 2. The molecule has 0 bridgehead atoms. The van der Waals surface area contributed by atoms with Gasteiger partial charge in [-0.25, -0.2) is 0 Å². The van der Waals surface area contributed by atoms with Crippen LogP contribution in [-0.2, 0) is 20.4 Å². The van der Waals surface area contributed by atoms with Crippen LogP contribution < -0.4 is 20.1 Å². The number of anilines is 2. The lowest BCUT2D eigenvalue weighted by Crippen LogP contribution is -2.22. The highest BCUT2D eigenvalue weighted by atomic mass is 79.9. The Balaban J connectivity index is 1.45. The second-order valence-electron chi connectivity index (χ2n) is 12.2. The van der Waals surface area contributed by atoms with Crippen LogP contribution in [0.15, 0.2) is 81.7 Å². The first kappa shape index (κ1) is 31.6. The summed E-state index contributed by atoms with van der Waals surface area (Å²) in [4.78, 5) is 25.8. The SMILES string of the molecule is CC(C)(C)c1cc(Br)ccc1OCC(=O)Nc1cccc2c(NC(=O)COc3ccc(Br)cc3C(C)(C)C)cccc12. The zero-order chi connectivity index (χ0) is 30.7. The van der Waals surface area contributed by atoms with Crippen LogP contribution >= 0.6 is 31.9 Å². The second kappa shape index (κ2) is 12.9. The van der Waals surface area contributed by atoms with Crippen molar-refractivity contribution in [2.24, 2.45) is 0 Å². The van der Waals surface area contributed by atoms with Crippen LogP contribution in [0.4, 0.5) is 11.4 Å². The number of carbonyl (C=O) groups excluding carboxylic acids is 2. The molecule has 4 rings (SSSR count). The van der Waals surface area contributed by atoms with Crippen molar-refractivity contribution < 1.29 is 19.1 Å². The number of carbonyl (C=O) groups is 2. The van der Waals surface area contributed by atoms with Gasteiger partial charge in [-0.2, -0.15) is 0 Å². The van der Waals surface area contributed by atoms with Gasteiger partial charge in [0.25, 0.3) is 11.8 Å². The molecule has 2 amide bonds. The number of rotatable bonds is 8. The third-order valence-electron chi connectivity index (χ3n) is 6.69. The third-order valence-corrected chi connectivity index (χ3v) is 7.67. The Bertz CT molecular complexity index is 1500. The molecule has 0 unspecified atom stereocenters. The van der Waals surface area contributed by atoms with Crippen molar-refractivity contribution in [3.63, 3.8) is 0 Å². The highest BCUT2D eigenvalue weighted by molar-refractivity contribution is 9.10. The Morgan fingerprint density at radius 1 is 0.619 bits per heavy atom. The van der Waals surface area contributed by atoms with E-state index in [1.54, 1.807) is 0 Å². The van der Waals surface area contributed by atoms with E-state index in [1.807, 2.05) is 72.8 Å². The summed E-state index contributed by atoms with van der Waals surface area (Å²) >= 11 is 7.04. The number of ether oxygens (including phenoxy) is 2. The van der Waals surface area contributed by atoms with Gasteiger partial charge in [0.15, 0.2) is 13.2 Å². The van der Waals surface area contributed by atoms with E-state index < -0.39 is 0 Å². The van der Waals surface area contributed by atoms with Crippen molar-refractivity contribution in [3.05, 3.63) is 92.9 Å². The monoisotopic (exact) mass is 694 g/mol. The Morgan fingerprint density at radius 3 is 1.36 bits per heavy atom. The minimum absolute atomic E-state index is 0.137. The molecule has 0 spiro atoms. The summed E-state index contributed by atoms with van der Waals surface area (Å²) in [6, 6.07) is 22.7. The molecule has 0 aliphatic carbocycles. The Morgan fingerprint density at radius 2 is 1.00 bits per heavy atom. The molecule has 6 nitrogen and oxygen atoms in total. The van der Waals surface area contributed by atoms with E-state index in [9.17, 15) is 9.59 Å². The van der Waals surface area contributed by atoms with Gasteiger partial charge in [0, 0.05) is 42.2 Å². The molecule has 4 aromatic carbocycles. The third kappa shape index (κ3) is 7.92. The maximum atomic E-state index is 12.9. The van der Waals surface area contributed by atoms with E-state index in [2.05, 4.69) is 84.0 Å². The highest BCUT2D eigenvalue weighted by Gasteiger charge is 2.21. The summed E-state index contributed by atoms with van der Waals surface area (Å²) in [5.74, 6) is 0.780. The standard InChI is InChI=1S/C34H36Br2N2O4/c1-33(2,3)25-17-21(35)13-15-29(25)41-19-31(39)37-27-11-7-10-24-23(27)9-8-12-28(24)38-32(40)20-42-30-16-14-22(36)18-26(30)34(4,5)6/h7-18H,19-20H2,1-6H3,(H,37,39)(H,38,40). The Kier molecular flexibility index (Phi) is 9.68. The zero-order valence-electron chi connectivity index (χ0n) is 24.7. The van der Waals surface area contributed by atoms with Gasteiger partial charge in [-0.1, -0.05) is 97.7 Å². The molecule has 4 aromatic rings. The smallest absolute Gasteiger partial charge is 0.262 e. The Hall–Kier alpha value is -3.36. The summed E-state index contributed by atoms with van der Waals surface area (Å²) in [7, 11) is 0. The Labute approximate surface area is 264 Å². The van der Waals surface area contributed by atoms with E-state index in [-0.39, 0.29) is 35.9 Å². The molecule has 2 N–H and O–H groups in total. The van der Waals surface area contributed by atoms with Gasteiger partial charge in [0.05, 0.1) is 0 Å². The van der Waals surface area contributed by atoms with Crippen LogP contribution in [0.5, 0.6) is 11.5 Å². The van der Waals surface area contributed by atoms with Crippen molar-refractivity contribution in [2.75, 3.05) is 23.8 Å². The first-order chi connectivity index (χ1) is 19.7. The molecule has 0 aliphatic heterocycles. The van der Waals surface area contributed by atoms with E-state index >= 15 is 0 Å². The predicted molar refractivity (Wildman–Crippen MR) is 178 cm³/mol. The van der Waals surface area contributed by atoms with Crippen molar-refractivity contribution in [1.82, 2.24) is 0 Å². The normalized spacial score (nSPS) is 11.7. The fraction of sp³-hybridized carbons (Fsp3) is 0.294. The lowest BCUT2D eigenvalue weighted by molar-refractivity contribution is -0.118. The molecule has 0 fully saturated rings. The topological polar surface area (TPSA) is 76.7 Å². The number of nitrogens with one attached hydrogen (secondary N) is 2. The summed E-state index contributed by atoms with van der Waals surface area (Å²) in [6.45, 7) is 12.3. The van der Waals surface area contributed by atoms with Gasteiger partial charge in [-0.3, -0.25) is 9.59 Å². The largest absolute Gasteiger partial charge is 0.483 e. The molecule has 42 heavy (non-hydrogen) atoms. The number of fused-ring (bicyclic) bond motifs is 1. The van der Waals surface area contributed by atoms with Crippen LogP contribution in [0.3, 0.4) is 0 Å². The van der Waals surface area contributed by atoms with Crippen molar-refractivity contribution in [2.45, 2.75) is 52.4 Å². The second-order valence-corrected chi connectivity index (χ2v) is 14.0.